The summed E-state index contributed by atoms with van der Waals surface area (Å²) < 4.78 is 5.30. The molecular formula is C19H29N3O3. The Bertz CT molecular complexity index is 589. The Hall–Kier alpha value is -2.08. The Labute approximate surface area is 149 Å². The van der Waals surface area contributed by atoms with Gasteiger partial charge in [-0.3, -0.25) is 9.59 Å². The monoisotopic (exact) mass is 347 g/mol. The van der Waals surface area contributed by atoms with Crippen LogP contribution in [0.25, 0.3) is 0 Å². The van der Waals surface area contributed by atoms with E-state index in [4.69, 9.17) is 4.74 Å². The van der Waals surface area contributed by atoms with E-state index in [1.807, 2.05) is 38.4 Å². The van der Waals surface area contributed by atoms with Crippen molar-refractivity contribution >= 4 is 11.8 Å². The van der Waals surface area contributed by atoms with E-state index in [2.05, 4.69) is 15.5 Å². The van der Waals surface area contributed by atoms with Gasteiger partial charge in [0.15, 0.2) is 0 Å². The van der Waals surface area contributed by atoms with Crippen LogP contribution in [-0.2, 0) is 16.0 Å². The minimum absolute atomic E-state index is 0.00337. The molecule has 1 aliphatic carbocycles. The van der Waals surface area contributed by atoms with Crippen LogP contribution in [0.4, 0.5) is 0 Å². The zero-order valence-electron chi connectivity index (χ0n) is 15.4. The third kappa shape index (κ3) is 6.05. The van der Waals surface area contributed by atoms with Crippen LogP contribution in [-0.4, -0.2) is 57.6 Å². The molecule has 2 atom stereocenters. The molecule has 0 aliphatic heterocycles. The fraction of sp³-hybridized carbons (Fsp3) is 0.579. The van der Waals surface area contributed by atoms with Gasteiger partial charge in [-0.2, -0.15) is 0 Å². The number of para-hydroxylation sites is 1. The normalized spacial score (nSPS) is 18.7. The van der Waals surface area contributed by atoms with Crippen LogP contribution in [0.15, 0.2) is 24.3 Å². The number of amides is 2. The lowest BCUT2D eigenvalue weighted by Gasteiger charge is -2.10. The number of nitrogens with one attached hydrogen (secondary N) is 2. The van der Waals surface area contributed by atoms with Gasteiger partial charge >= 0.3 is 0 Å². The molecule has 138 valence electrons. The quantitative estimate of drug-likeness (QED) is 0.621. The fourth-order valence-corrected chi connectivity index (χ4v) is 2.87. The van der Waals surface area contributed by atoms with Crippen molar-refractivity contribution in [2.24, 2.45) is 11.8 Å². The van der Waals surface area contributed by atoms with E-state index in [0.717, 1.165) is 24.3 Å². The molecule has 25 heavy (non-hydrogen) atoms. The molecule has 1 aromatic rings. The average molecular weight is 347 g/mol. The largest absolute Gasteiger partial charge is 0.496 e. The highest BCUT2D eigenvalue weighted by atomic mass is 16.5. The molecule has 1 fully saturated rings. The lowest BCUT2D eigenvalue weighted by Crippen LogP contribution is -2.32. The Morgan fingerprint density at radius 1 is 1.12 bits per heavy atom. The van der Waals surface area contributed by atoms with Gasteiger partial charge < -0.3 is 20.3 Å². The number of hydrogen-bond acceptors (Lipinski definition) is 4. The highest BCUT2D eigenvalue weighted by Crippen LogP contribution is 2.38. The second-order valence-corrected chi connectivity index (χ2v) is 6.75. The van der Waals surface area contributed by atoms with Crippen LogP contribution < -0.4 is 15.4 Å². The van der Waals surface area contributed by atoms with Crippen LogP contribution in [0.5, 0.6) is 5.75 Å². The van der Waals surface area contributed by atoms with Crippen LogP contribution in [0.2, 0.25) is 0 Å². The van der Waals surface area contributed by atoms with Gasteiger partial charge in [-0.1, -0.05) is 18.2 Å². The summed E-state index contributed by atoms with van der Waals surface area (Å²) in [6.45, 7) is 2.15. The van der Waals surface area contributed by atoms with Crippen molar-refractivity contribution in [2.45, 2.75) is 19.3 Å². The van der Waals surface area contributed by atoms with Crippen molar-refractivity contribution in [1.82, 2.24) is 15.5 Å². The first-order valence-electron chi connectivity index (χ1n) is 8.85. The Balaban J connectivity index is 1.65. The van der Waals surface area contributed by atoms with Gasteiger partial charge in [0.05, 0.1) is 18.9 Å². The van der Waals surface area contributed by atoms with E-state index in [1.54, 1.807) is 7.11 Å². The average Bonchev–Trinajstić information content (AvgIpc) is 3.39. The van der Waals surface area contributed by atoms with Crippen molar-refractivity contribution in [3.63, 3.8) is 0 Å². The van der Waals surface area contributed by atoms with Crippen LogP contribution >= 0.6 is 0 Å². The maximum absolute atomic E-state index is 12.2. The highest BCUT2D eigenvalue weighted by molar-refractivity contribution is 5.92. The third-order valence-corrected chi connectivity index (χ3v) is 4.43. The van der Waals surface area contributed by atoms with Gasteiger partial charge in [0.2, 0.25) is 11.8 Å². The molecule has 6 nitrogen and oxygen atoms in total. The first-order chi connectivity index (χ1) is 12.0. The molecule has 2 amide bonds. The molecule has 0 saturated heterocycles. The predicted molar refractivity (Wildman–Crippen MR) is 97.5 cm³/mol. The molecule has 2 rings (SSSR count). The zero-order chi connectivity index (χ0) is 18.2. The van der Waals surface area contributed by atoms with Crippen molar-refractivity contribution in [2.75, 3.05) is 40.8 Å². The topological polar surface area (TPSA) is 70.7 Å². The number of carbonyl (C=O) groups excluding carboxylic acids is 2. The van der Waals surface area contributed by atoms with E-state index in [0.29, 0.717) is 25.9 Å². The molecule has 2 unspecified atom stereocenters. The number of rotatable bonds is 10. The number of methoxy groups -OCH3 is 1. The lowest BCUT2D eigenvalue weighted by atomic mass is 10.1. The first-order valence-corrected chi connectivity index (χ1v) is 8.85. The third-order valence-electron chi connectivity index (χ3n) is 4.43. The molecule has 0 heterocycles. The van der Waals surface area contributed by atoms with E-state index in [1.165, 1.54) is 0 Å². The Morgan fingerprint density at radius 2 is 1.76 bits per heavy atom. The number of hydrogen-bond donors (Lipinski definition) is 2. The molecule has 6 heteroatoms. The summed E-state index contributed by atoms with van der Waals surface area (Å²) in [5.41, 5.74) is 1.07. The maximum Gasteiger partial charge on any atom is 0.223 e. The highest BCUT2D eigenvalue weighted by Gasteiger charge is 2.47. The Morgan fingerprint density at radius 3 is 2.40 bits per heavy atom. The van der Waals surface area contributed by atoms with E-state index >= 15 is 0 Å². The molecule has 0 aromatic heterocycles. The van der Waals surface area contributed by atoms with Gasteiger partial charge in [-0.05, 0) is 51.5 Å². The SMILES string of the molecule is COc1ccccc1CCNC(=O)C1CC1C(=O)NCCCN(C)C. The number of carbonyl (C=O) groups is 2. The van der Waals surface area contributed by atoms with Crippen molar-refractivity contribution in [3.8, 4) is 5.75 Å². The van der Waals surface area contributed by atoms with Gasteiger partial charge in [0.1, 0.15) is 5.75 Å². The second-order valence-electron chi connectivity index (χ2n) is 6.75. The van der Waals surface area contributed by atoms with Crippen molar-refractivity contribution in [3.05, 3.63) is 29.8 Å². The van der Waals surface area contributed by atoms with Crippen LogP contribution in [0.1, 0.15) is 18.4 Å². The van der Waals surface area contributed by atoms with Crippen molar-refractivity contribution in [1.29, 1.82) is 0 Å². The molecule has 1 saturated carbocycles. The number of ether oxygens (including phenoxy) is 1. The van der Waals surface area contributed by atoms with Crippen LogP contribution in [0.3, 0.4) is 0 Å². The molecular weight excluding hydrogens is 318 g/mol. The first kappa shape index (κ1) is 19.2. The maximum atomic E-state index is 12.2. The van der Waals surface area contributed by atoms with E-state index < -0.39 is 0 Å². The molecule has 1 aliphatic rings. The number of benzene rings is 1. The standard InChI is InChI=1S/C19H29N3O3/c1-22(2)12-6-10-20-18(23)15-13-16(15)19(24)21-11-9-14-7-4-5-8-17(14)25-3/h4-5,7-8,15-16H,6,9-13H2,1-3H3,(H,20,23)(H,21,24). The number of nitrogens with zero attached hydrogens (tertiary/aromatic N) is 1. The van der Waals surface area contributed by atoms with Crippen molar-refractivity contribution < 1.29 is 14.3 Å². The summed E-state index contributed by atoms with van der Waals surface area (Å²) in [6.07, 6.45) is 2.28. The smallest absolute Gasteiger partial charge is 0.223 e. The molecule has 0 bridgehead atoms. The lowest BCUT2D eigenvalue weighted by molar-refractivity contribution is -0.127. The minimum Gasteiger partial charge on any atom is -0.496 e. The summed E-state index contributed by atoms with van der Waals surface area (Å²) in [5, 5.41) is 5.85. The predicted octanol–water partition coefficient (Wildman–Crippen LogP) is 1.06. The van der Waals surface area contributed by atoms with E-state index in [9.17, 15) is 9.59 Å². The zero-order valence-corrected chi connectivity index (χ0v) is 15.4. The van der Waals surface area contributed by atoms with Gasteiger partial charge in [0.25, 0.3) is 0 Å². The van der Waals surface area contributed by atoms with E-state index in [-0.39, 0.29) is 23.7 Å². The molecule has 0 spiro atoms. The summed E-state index contributed by atoms with van der Waals surface area (Å²) in [5.74, 6) is 0.474. The van der Waals surface area contributed by atoms with Gasteiger partial charge in [-0.15, -0.1) is 0 Å². The van der Waals surface area contributed by atoms with Gasteiger partial charge in [-0.25, -0.2) is 0 Å². The molecule has 1 aromatic carbocycles. The summed E-state index contributed by atoms with van der Waals surface area (Å²) in [6, 6.07) is 7.78. The summed E-state index contributed by atoms with van der Waals surface area (Å²) in [7, 11) is 5.66. The molecule has 2 N–H and O–H groups in total. The van der Waals surface area contributed by atoms with Gasteiger partial charge in [0, 0.05) is 13.1 Å². The second kappa shape index (κ2) is 9.42. The fourth-order valence-electron chi connectivity index (χ4n) is 2.87. The van der Waals surface area contributed by atoms with Crippen LogP contribution in [0, 0.1) is 11.8 Å². The molecule has 0 radical (unpaired) electrons. The minimum atomic E-state index is -0.175. The summed E-state index contributed by atoms with van der Waals surface area (Å²) >= 11 is 0. The Kier molecular flexibility index (Phi) is 7.25. The summed E-state index contributed by atoms with van der Waals surface area (Å²) in [4.78, 5) is 26.3.